The molecule has 0 amide bonds. The van der Waals surface area contributed by atoms with Gasteiger partial charge >= 0.3 is 0 Å². The molecule has 1 N–H and O–H groups in total. The van der Waals surface area contributed by atoms with E-state index in [1.807, 2.05) is 6.92 Å². The van der Waals surface area contributed by atoms with Gasteiger partial charge in [0.1, 0.15) is 23.6 Å². The lowest BCUT2D eigenvalue weighted by molar-refractivity contribution is 0.199. The van der Waals surface area contributed by atoms with Crippen molar-refractivity contribution in [2.75, 3.05) is 0 Å². The maximum Gasteiger partial charge on any atom is 0.142 e. The second-order valence-electron chi connectivity index (χ2n) is 3.64. The zero-order valence-corrected chi connectivity index (χ0v) is 9.27. The smallest absolute Gasteiger partial charge is 0.142 e. The molecule has 0 aliphatic rings. The molecule has 0 radical (unpaired) electrons. The first-order valence-corrected chi connectivity index (χ1v) is 5.27. The summed E-state index contributed by atoms with van der Waals surface area (Å²) < 4.78 is 28.2. The van der Waals surface area contributed by atoms with Gasteiger partial charge in [0, 0.05) is 24.5 Å². The Kier molecular flexibility index (Phi) is 3.19. The summed E-state index contributed by atoms with van der Waals surface area (Å²) >= 11 is 0. The van der Waals surface area contributed by atoms with E-state index in [0.29, 0.717) is 12.4 Å². The number of hydrogen-bond acceptors (Lipinski definition) is 2. The fourth-order valence-corrected chi connectivity index (χ4v) is 1.70. The van der Waals surface area contributed by atoms with E-state index in [9.17, 15) is 13.9 Å². The molecular formula is C12H12F2N2O. The predicted octanol–water partition coefficient (Wildman–Crippen LogP) is 2.26. The highest BCUT2D eigenvalue weighted by Gasteiger charge is 2.19. The summed E-state index contributed by atoms with van der Waals surface area (Å²) in [5, 5.41) is 10.0. The molecule has 17 heavy (non-hydrogen) atoms. The highest BCUT2D eigenvalue weighted by Crippen LogP contribution is 2.23. The Morgan fingerprint density at radius 2 is 2.18 bits per heavy atom. The molecule has 0 aliphatic carbocycles. The Morgan fingerprint density at radius 1 is 1.41 bits per heavy atom. The van der Waals surface area contributed by atoms with Crippen LogP contribution in [-0.4, -0.2) is 14.7 Å². The van der Waals surface area contributed by atoms with Gasteiger partial charge in [-0.25, -0.2) is 13.8 Å². The van der Waals surface area contributed by atoms with Crippen LogP contribution in [0.15, 0.2) is 30.6 Å². The summed E-state index contributed by atoms with van der Waals surface area (Å²) in [6.45, 7) is 2.48. The number of aromatic nitrogens is 2. The van der Waals surface area contributed by atoms with Crippen LogP contribution in [0, 0.1) is 11.6 Å². The number of rotatable bonds is 3. The minimum absolute atomic E-state index is 0.106. The summed E-state index contributed by atoms with van der Waals surface area (Å²) in [5.74, 6) is -0.934. The van der Waals surface area contributed by atoms with Gasteiger partial charge in [-0.1, -0.05) is 0 Å². The average Bonchev–Trinajstić information content (AvgIpc) is 2.79. The van der Waals surface area contributed by atoms with Crippen molar-refractivity contribution in [2.24, 2.45) is 0 Å². The summed E-state index contributed by atoms with van der Waals surface area (Å²) in [6.07, 6.45) is 1.93. The number of hydrogen-bond donors (Lipinski definition) is 1. The second-order valence-corrected chi connectivity index (χ2v) is 3.64. The molecule has 2 aromatic rings. The Morgan fingerprint density at radius 3 is 2.88 bits per heavy atom. The standard InChI is InChI=1S/C12H12F2N2O/c1-2-16-6-5-15-12(16)11(17)9-7-8(13)3-4-10(9)14/h3-7,11,17H,2H2,1H3. The molecule has 2 rings (SSSR count). The molecule has 1 unspecified atom stereocenters. The summed E-state index contributed by atoms with van der Waals surface area (Å²) in [6, 6.07) is 2.99. The Balaban J connectivity index is 2.43. The third-order valence-corrected chi connectivity index (χ3v) is 2.59. The highest BCUT2D eigenvalue weighted by atomic mass is 19.1. The molecule has 1 heterocycles. The zero-order valence-electron chi connectivity index (χ0n) is 9.27. The number of aliphatic hydroxyl groups excluding tert-OH is 1. The monoisotopic (exact) mass is 238 g/mol. The van der Waals surface area contributed by atoms with Gasteiger partial charge in [0.05, 0.1) is 0 Å². The van der Waals surface area contributed by atoms with Crippen LogP contribution in [0.5, 0.6) is 0 Å². The molecule has 0 fully saturated rings. The Labute approximate surface area is 97.3 Å². The lowest BCUT2D eigenvalue weighted by Crippen LogP contribution is -2.10. The fourth-order valence-electron chi connectivity index (χ4n) is 1.70. The van der Waals surface area contributed by atoms with Gasteiger partial charge in [-0.05, 0) is 25.1 Å². The lowest BCUT2D eigenvalue weighted by Gasteiger charge is -2.13. The van der Waals surface area contributed by atoms with E-state index in [0.717, 1.165) is 18.2 Å². The molecule has 1 aromatic carbocycles. The highest BCUT2D eigenvalue weighted by molar-refractivity contribution is 5.25. The van der Waals surface area contributed by atoms with E-state index in [4.69, 9.17) is 0 Å². The lowest BCUT2D eigenvalue weighted by atomic mass is 10.1. The van der Waals surface area contributed by atoms with Gasteiger partial charge in [0.15, 0.2) is 0 Å². The maximum absolute atomic E-state index is 13.5. The van der Waals surface area contributed by atoms with E-state index in [1.165, 1.54) is 6.20 Å². The molecule has 0 spiro atoms. The van der Waals surface area contributed by atoms with Crippen LogP contribution >= 0.6 is 0 Å². The molecule has 0 saturated carbocycles. The van der Waals surface area contributed by atoms with Crippen LogP contribution in [0.3, 0.4) is 0 Å². The quantitative estimate of drug-likeness (QED) is 0.890. The molecule has 5 heteroatoms. The predicted molar refractivity (Wildman–Crippen MR) is 58.3 cm³/mol. The van der Waals surface area contributed by atoms with E-state index in [1.54, 1.807) is 10.8 Å². The summed E-state index contributed by atoms with van der Waals surface area (Å²) in [4.78, 5) is 3.96. The molecular weight excluding hydrogens is 226 g/mol. The zero-order chi connectivity index (χ0) is 12.4. The maximum atomic E-state index is 13.5. The van der Waals surface area contributed by atoms with Crippen molar-refractivity contribution in [3.05, 3.63) is 53.6 Å². The number of aliphatic hydroxyl groups is 1. The van der Waals surface area contributed by atoms with Crippen molar-refractivity contribution in [2.45, 2.75) is 19.6 Å². The number of benzene rings is 1. The minimum Gasteiger partial charge on any atom is -0.380 e. The summed E-state index contributed by atoms with van der Waals surface area (Å²) in [7, 11) is 0. The number of nitrogens with zero attached hydrogens (tertiary/aromatic N) is 2. The van der Waals surface area contributed by atoms with Crippen LogP contribution in [0.2, 0.25) is 0 Å². The van der Waals surface area contributed by atoms with Crippen LogP contribution in [0.1, 0.15) is 24.4 Å². The van der Waals surface area contributed by atoms with Gasteiger partial charge in [0.25, 0.3) is 0 Å². The summed E-state index contributed by atoms with van der Waals surface area (Å²) in [5.41, 5.74) is -0.106. The molecule has 90 valence electrons. The van der Waals surface area contributed by atoms with Gasteiger partial charge < -0.3 is 9.67 Å². The molecule has 0 bridgehead atoms. The Hall–Kier alpha value is -1.75. The number of aryl methyl sites for hydroxylation is 1. The van der Waals surface area contributed by atoms with E-state index in [-0.39, 0.29) is 5.56 Å². The van der Waals surface area contributed by atoms with Crippen LogP contribution in [-0.2, 0) is 6.54 Å². The Bertz CT molecular complexity index is 525. The number of halogens is 2. The first kappa shape index (κ1) is 11.7. The molecule has 0 saturated heterocycles. The molecule has 3 nitrogen and oxygen atoms in total. The van der Waals surface area contributed by atoms with E-state index < -0.39 is 17.7 Å². The van der Waals surface area contributed by atoms with Crippen LogP contribution in [0.4, 0.5) is 8.78 Å². The minimum atomic E-state index is -1.26. The second kappa shape index (κ2) is 4.63. The third-order valence-electron chi connectivity index (χ3n) is 2.59. The largest absolute Gasteiger partial charge is 0.380 e. The SMILES string of the molecule is CCn1ccnc1C(O)c1cc(F)ccc1F. The first-order valence-electron chi connectivity index (χ1n) is 5.27. The van der Waals surface area contributed by atoms with Crippen molar-refractivity contribution in [1.29, 1.82) is 0 Å². The molecule has 1 aromatic heterocycles. The molecule has 0 aliphatic heterocycles. The van der Waals surface area contributed by atoms with E-state index in [2.05, 4.69) is 4.98 Å². The van der Waals surface area contributed by atoms with Gasteiger partial charge in [-0.3, -0.25) is 0 Å². The third kappa shape index (κ3) is 2.19. The van der Waals surface area contributed by atoms with Crippen molar-refractivity contribution < 1.29 is 13.9 Å². The molecule has 1 atom stereocenters. The van der Waals surface area contributed by atoms with Crippen molar-refractivity contribution >= 4 is 0 Å². The van der Waals surface area contributed by atoms with Crippen molar-refractivity contribution in [3.8, 4) is 0 Å². The van der Waals surface area contributed by atoms with Crippen LogP contribution < -0.4 is 0 Å². The van der Waals surface area contributed by atoms with E-state index >= 15 is 0 Å². The van der Waals surface area contributed by atoms with Crippen molar-refractivity contribution in [3.63, 3.8) is 0 Å². The first-order chi connectivity index (χ1) is 8.13. The average molecular weight is 238 g/mol. The van der Waals surface area contributed by atoms with Crippen LogP contribution in [0.25, 0.3) is 0 Å². The topological polar surface area (TPSA) is 38.0 Å². The van der Waals surface area contributed by atoms with Gasteiger partial charge in [-0.15, -0.1) is 0 Å². The number of imidazole rings is 1. The van der Waals surface area contributed by atoms with Crippen molar-refractivity contribution in [1.82, 2.24) is 9.55 Å². The van der Waals surface area contributed by atoms with Gasteiger partial charge in [0.2, 0.25) is 0 Å². The normalized spacial score (nSPS) is 12.7. The fraction of sp³-hybridized carbons (Fsp3) is 0.250. The van der Waals surface area contributed by atoms with Gasteiger partial charge in [-0.2, -0.15) is 0 Å².